The highest BCUT2D eigenvalue weighted by molar-refractivity contribution is 7.90. The number of hydrogen-bond acceptors (Lipinski definition) is 5. The lowest BCUT2D eigenvalue weighted by Gasteiger charge is -2.31. The van der Waals surface area contributed by atoms with Gasteiger partial charge in [-0.25, -0.2) is 8.42 Å². The minimum atomic E-state index is -3.37. The summed E-state index contributed by atoms with van der Waals surface area (Å²) in [5.41, 5.74) is 9.26. The van der Waals surface area contributed by atoms with Gasteiger partial charge < -0.3 is 16.0 Å². The molecule has 3 aromatic carbocycles. The predicted molar refractivity (Wildman–Crippen MR) is 150 cm³/mol. The van der Waals surface area contributed by atoms with Crippen LogP contribution in [0, 0.1) is 11.3 Å². The second-order valence-corrected chi connectivity index (χ2v) is 11.7. The van der Waals surface area contributed by atoms with E-state index in [4.69, 9.17) is 11.1 Å². The maximum absolute atomic E-state index is 13.1. The van der Waals surface area contributed by atoms with Gasteiger partial charge in [0.05, 0.1) is 11.4 Å². The smallest absolute Gasteiger partial charge is 0.243 e. The highest BCUT2D eigenvalue weighted by Crippen LogP contribution is 2.29. The van der Waals surface area contributed by atoms with Crippen molar-refractivity contribution in [3.63, 3.8) is 0 Å². The standard InChI is InChI=1S/C29H34N4O3S/c1-37(35,36)27-13-6-5-12-26(27)22-14-16-24(17-15-22)32-28(34)20-33(19-21-8-3-2-4-9-21)25-11-7-10-23(18-25)29(30)31/h5-7,10-18,21H,2-4,8-9,19-20H2,1H3,(H3,30,31)(H,32,34). The summed E-state index contributed by atoms with van der Waals surface area (Å²) < 4.78 is 24.4. The van der Waals surface area contributed by atoms with Gasteiger partial charge in [-0.1, -0.05) is 61.7 Å². The first-order chi connectivity index (χ1) is 17.7. The van der Waals surface area contributed by atoms with Crippen molar-refractivity contribution in [2.24, 2.45) is 11.7 Å². The van der Waals surface area contributed by atoms with Crippen molar-refractivity contribution in [1.29, 1.82) is 5.41 Å². The molecule has 1 fully saturated rings. The fourth-order valence-corrected chi connectivity index (χ4v) is 5.86. The van der Waals surface area contributed by atoms with Crippen molar-refractivity contribution in [3.8, 4) is 11.1 Å². The van der Waals surface area contributed by atoms with E-state index in [0.717, 1.165) is 30.6 Å². The third kappa shape index (κ3) is 6.98. The minimum absolute atomic E-state index is 0.00135. The monoisotopic (exact) mass is 518 g/mol. The van der Waals surface area contributed by atoms with Crippen LogP contribution in [0.3, 0.4) is 0 Å². The Bertz CT molecular complexity index is 1360. The van der Waals surface area contributed by atoms with E-state index in [9.17, 15) is 13.2 Å². The summed E-state index contributed by atoms with van der Waals surface area (Å²) in [6, 6.07) is 21.6. The van der Waals surface area contributed by atoms with Crippen LogP contribution < -0.4 is 16.0 Å². The molecule has 1 aliphatic carbocycles. The van der Waals surface area contributed by atoms with E-state index in [2.05, 4.69) is 10.2 Å². The molecular formula is C29H34N4O3S. The van der Waals surface area contributed by atoms with Crippen molar-refractivity contribution in [1.82, 2.24) is 0 Å². The molecule has 4 N–H and O–H groups in total. The Kier molecular flexibility index (Phi) is 8.28. The molecule has 4 rings (SSSR count). The number of nitrogens with one attached hydrogen (secondary N) is 2. The summed E-state index contributed by atoms with van der Waals surface area (Å²) in [5, 5.41) is 10.8. The first-order valence-corrected chi connectivity index (χ1v) is 14.5. The molecule has 0 atom stereocenters. The van der Waals surface area contributed by atoms with Gasteiger partial charge in [-0.2, -0.15) is 0 Å². The number of hydrogen-bond donors (Lipinski definition) is 3. The minimum Gasteiger partial charge on any atom is -0.384 e. The van der Waals surface area contributed by atoms with Gasteiger partial charge in [0.15, 0.2) is 9.84 Å². The number of nitrogens with zero attached hydrogens (tertiary/aromatic N) is 1. The summed E-state index contributed by atoms with van der Waals surface area (Å²) in [7, 11) is -3.37. The molecule has 0 spiro atoms. The summed E-state index contributed by atoms with van der Waals surface area (Å²) in [6.45, 7) is 0.951. The fraction of sp³-hybridized carbons (Fsp3) is 0.310. The molecule has 0 radical (unpaired) electrons. The van der Waals surface area contributed by atoms with Gasteiger partial charge >= 0.3 is 0 Å². The van der Waals surface area contributed by atoms with Crippen LogP contribution in [-0.2, 0) is 14.6 Å². The summed E-state index contributed by atoms with van der Waals surface area (Å²) in [5.74, 6) is 0.381. The molecule has 37 heavy (non-hydrogen) atoms. The Morgan fingerprint density at radius 3 is 2.38 bits per heavy atom. The van der Waals surface area contributed by atoms with Gasteiger partial charge in [-0.05, 0) is 54.7 Å². The molecule has 3 aromatic rings. The molecule has 0 bridgehead atoms. The molecule has 0 aliphatic heterocycles. The lowest BCUT2D eigenvalue weighted by Crippen LogP contribution is -2.37. The largest absolute Gasteiger partial charge is 0.384 e. The first kappa shape index (κ1) is 26.4. The fourth-order valence-electron chi connectivity index (χ4n) is 4.95. The third-order valence-corrected chi connectivity index (χ3v) is 7.98. The van der Waals surface area contributed by atoms with E-state index in [1.807, 2.05) is 36.4 Å². The Morgan fingerprint density at radius 2 is 1.70 bits per heavy atom. The number of nitrogen functional groups attached to an aromatic ring is 1. The summed E-state index contributed by atoms with van der Waals surface area (Å²) in [4.78, 5) is 15.5. The van der Waals surface area contributed by atoms with Crippen LogP contribution in [0.2, 0.25) is 0 Å². The molecule has 0 aromatic heterocycles. The molecule has 8 heteroatoms. The van der Waals surface area contributed by atoms with E-state index in [1.54, 1.807) is 36.4 Å². The van der Waals surface area contributed by atoms with E-state index in [0.29, 0.717) is 22.7 Å². The molecule has 1 aliphatic rings. The topological polar surface area (TPSA) is 116 Å². The highest BCUT2D eigenvalue weighted by Gasteiger charge is 2.20. The van der Waals surface area contributed by atoms with E-state index in [1.165, 1.54) is 25.5 Å². The number of nitrogens with two attached hydrogens (primary N) is 1. The molecule has 0 unspecified atom stereocenters. The van der Waals surface area contributed by atoms with Crippen LogP contribution in [0.1, 0.15) is 37.7 Å². The molecule has 1 amide bonds. The average molecular weight is 519 g/mol. The van der Waals surface area contributed by atoms with Gasteiger partial charge in [-0.3, -0.25) is 10.2 Å². The Balaban J connectivity index is 1.50. The van der Waals surface area contributed by atoms with Crippen molar-refractivity contribution in [2.75, 3.05) is 29.6 Å². The van der Waals surface area contributed by atoms with Gasteiger partial charge in [0.1, 0.15) is 5.84 Å². The quantitative estimate of drug-likeness (QED) is 0.270. The van der Waals surface area contributed by atoms with Gasteiger partial charge in [0.25, 0.3) is 0 Å². The number of amides is 1. The van der Waals surface area contributed by atoms with Crippen LogP contribution in [-0.4, -0.2) is 39.5 Å². The number of sulfone groups is 1. The van der Waals surface area contributed by atoms with Crippen LogP contribution in [0.25, 0.3) is 11.1 Å². The maximum Gasteiger partial charge on any atom is 0.243 e. The lowest BCUT2D eigenvalue weighted by molar-refractivity contribution is -0.115. The number of carbonyl (C=O) groups excluding carboxylic acids is 1. The normalized spacial score (nSPS) is 14.2. The number of rotatable bonds is 9. The van der Waals surface area contributed by atoms with E-state index < -0.39 is 9.84 Å². The van der Waals surface area contributed by atoms with E-state index >= 15 is 0 Å². The first-order valence-electron chi connectivity index (χ1n) is 12.6. The van der Waals surface area contributed by atoms with Crippen molar-refractivity contribution < 1.29 is 13.2 Å². The molecule has 0 heterocycles. The van der Waals surface area contributed by atoms with Gasteiger partial charge in [0.2, 0.25) is 5.91 Å². The van der Waals surface area contributed by atoms with Crippen LogP contribution in [0.15, 0.2) is 77.7 Å². The summed E-state index contributed by atoms with van der Waals surface area (Å²) >= 11 is 0. The lowest BCUT2D eigenvalue weighted by atomic mass is 9.89. The molecule has 7 nitrogen and oxygen atoms in total. The van der Waals surface area contributed by atoms with Crippen LogP contribution >= 0.6 is 0 Å². The predicted octanol–water partition coefficient (Wildman–Crippen LogP) is 5.07. The zero-order valence-corrected chi connectivity index (χ0v) is 21.9. The average Bonchev–Trinajstić information content (AvgIpc) is 2.89. The maximum atomic E-state index is 13.1. The third-order valence-electron chi connectivity index (χ3n) is 6.83. The molecule has 0 saturated heterocycles. The van der Waals surface area contributed by atoms with Crippen molar-refractivity contribution in [3.05, 3.63) is 78.4 Å². The van der Waals surface area contributed by atoms with Gasteiger partial charge in [0, 0.05) is 35.3 Å². The van der Waals surface area contributed by atoms with Crippen LogP contribution in [0.4, 0.5) is 11.4 Å². The number of amidine groups is 1. The Morgan fingerprint density at radius 1 is 1.00 bits per heavy atom. The molecule has 1 saturated carbocycles. The van der Waals surface area contributed by atoms with Crippen molar-refractivity contribution >= 4 is 33.0 Å². The molecular weight excluding hydrogens is 484 g/mol. The number of anilines is 2. The Labute approximate surface area is 219 Å². The van der Waals surface area contributed by atoms with Crippen LogP contribution in [0.5, 0.6) is 0 Å². The zero-order valence-electron chi connectivity index (χ0n) is 21.1. The zero-order chi connectivity index (χ0) is 26.4. The SMILES string of the molecule is CS(=O)(=O)c1ccccc1-c1ccc(NC(=O)CN(CC2CCCCC2)c2cccc(C(=N)N)c2)cc1. The number of benzene rings is 3. The number of carbonyl (C=O) groups is 1. The second-order valence-electron chi connectivity index (χ2n) is 9.74. The Hall–Kier alpha value is -3.65. The van der Waals surface area contributed by atoms with Crippen molar-refractivity contribution in [2.45, 2.75) is 37.0 Å². The van der Waals surface area contributed by atoms with E-state index in [-0.39, 0.29) is 23.2 Å². The highest BCUT2D eigenvalue weighted by atomic mass is 32.2. The molecule has 194 valence electrons. The summed E-state index contributed by atoms with van der Waals surface area (Å²) in [6.07, 6.45) is 7.20. The second kappa shape index (κ2) is 11.6. The van der Waals surface area contributed by atoms with Gasteiger partial charge in [-0.15, -0.1) is 0 Å².